The molecule has 0 bridgehead atoms. The van der Waals surface area contributed by atoms with Gasteiger partial charge in [-0.2, -0.15) is 0 Å². The van der Waals surface area contributed by atoms with Gasteiger partial charge in [-0.3, -0.25) is 24.2 Å². The van der Waals surface area contributed by atoms with E-state index in [1.54, 1.807) is 18.2 Å². The first-order valence-electron chi connectivity index (χ1n) is 14.3. The van der Waals surface area contributed by atoms with Crippen LogP contribution >= 0.6 is 0 Å². The number of nitrogens with one attached hydrogen (secondary N) is 3. The Morgan fingerprint density at radius 1 is 1.02 bits per heavy atom. The van der Waals surface area contributed by atoms with Crippen LogP contribution in [0, 0.1) is 6.92 Å². The van der Waals surface area contributed by atoms with Crippen molar-refractivity contribution in [2.45, 2.75) is 51.2 Å². The van der Waals surface area contributed by atoms with Gasteiger partial charge in [0.05, 0.1) is 17.2 Å². The van der Waals surface area contributed by atoms with Gasteiger partial charge in [-0.05, 0) is 66.4 Å². The first kappa shape index (κ1) is 27.7. The molecule has 42 heavy (non-hydrogen) atoms. The molecule has 2 unspecified atom stereocenters. The van der Waals surface area contributed by atoms with Crippen LogP contribution in [0.25, 0.3) is 0 Å². The lowest BCUT2D eigenvalue weighted by Crippen LogP contribution is -2.57. The van der Waals surface area contributed by atoms with Gasteiger partial charge >= 0.3 is 0 Å². The summed E-state index contributed by atoms with van der Waals surface area (Å²) >= 11 is 0. The second-order valence-corrected chi connectivity index (χ2v) is 11.1. The first-order valence-corrected chi connectivity index (χ1v) is 14.3. The molecule has 218 valence electrons. The number of carbonyl (C=O) groups is 3. The topological polar surface area (TPSA) is 123 Å². The summed E-state index contributed by atoms with van der Waals surface area (Å²) in [5, 5.41) is 19.2. The number of aryl methyl sites for hydroxylation is 1. The third kappa shape index (κ3) is 5.43. The van der Waals surface area contributed by atoms with E-state index in [0.717, 1.165) is 41.5 Å². The van der Waals surface area contributed by atoms with E-state index in [1.807, 2.05) is 31.3 Å². The van der Waals surface area contributed by atoms with E-state index in [4.69, 9.17) is 4.74 Å². The van der Waals surface area contributed by atoms with Gasteiger partial charge in [0.2, 0.25) is 5.91 Å². The van der Waals surface area contributed by atoms with Crippen LogP contribution in [0.2, 0.25) is 0 Å². The monoisotopic (exact) mass is 569 g/mol. The fraction of sp³-hybridized carbons (Fsp3) is 0.344. The van der Waals surface area contributed by atoms with E-state index in [-0.39, 0.29) is 24.9 Å². The van der Waals surface area contributed by atoms with Crippen molar-refractivity contribution >= 4 is 29.1 Å². The summed E-state index contributed by atoms with van der Waals surface area (Å²) < 4.78 is 6.08. The molecule has 3 amide bonds. The molecular formula is C32H35N5O5. The fourth-order valence-corrected chi connectivity index (χ4v) is 5.89. The number of carbonyl (C=O) groups excluding carboxylic acids is 3. The van der Waals surface area contributed by atoms with Gasteiger partial charge in [0, 0.05) is 51.0 Å². The second kappa shape index (κ2) is 11.5. The van der Waals surface area contributed by atoms with Crippen molar-refractivity contribution in [2.24, 2.45) is 0 Å². The van der Waals surface area contributed by atoms with Crippen LogP contribution in [-0.4, -0.2) is 71.1 Å². The number of aliphatic hydroxyl groups excluding tert-OH is 1. The van der Waals surface area contributed by atoms with Gasteiger partial charge in [-0.25, -0.2) is 0 Å². The highest BCUT2D eigenvalue weighted by atomic mass is 16.5. The Morgan fingerprint density at radius 2 is 1.81 bits per heavy atom. The number of hydrogen-bond acceptors (Lipinski definition) is 8. The van der Waals surface area contributed by atoms with Crippen LogP contribution in [0.1, 0.15) is 50.2 Å². The second-order valence-electron chi connectivity index (χ2n) is 11.1. The summed E-state index contributed by atoms with van der Waals surface area (Å²) in [6.45, 7) is 5.19. The Balaban J connectivity index is 1.05. The molecule has 4 N–H and O–H groups in total. The van der Waals surface area contributed by atoms with E-state index in [2.05, 4.69) is 46.0 Å². The van der Waals surface area contributed by atoms with E-state index in [0.29, 0.717) is 23.4 Å². The highest BCUT2D eigenvalue weighted by Gasteiger charge is 2.45. The van der Waals surface area contributed by atoms with E-state index in [9.17, 15) is 19.5 Å². The predicted octanol–water partition coefficient (Wildman–Crippen LogP) is 3.11. The van der Waals surface area contributed by atoms with Gasteiger partial charge in [0.1, 0.15) is 18.1 Å². The number of fused-ring (bicyclic) bond motifs is 1. The van der Waals surface area contributed by atoms with E-state index in [1.165, 1.54) is 11.1 Å². The summed E-state index contributed by atoms with van der Waals surface area (Å²) in [6.07, 6.45) is -0.722. The average molecular weight is 570 g/mol. The molecule has 3 aromatic carbocycles. The number of anilines is 2. The molecule has 10 heteroatoms. The van der Waals surface area contributed by atoms with Crippen molar-refractivity contribution in [1.82, 2.24) is 15.1 Å². The Hall–Kier alpha value is -4.41. The first-order chi connectivity index (χ1) is 20.3. The largest absolute Gasteiger partial charge is 0.488 e. The number of likely N-dealkylation sites (tertiary alicyclic amines) is 1. The molecule has 3 aliphatic heterocycles. The van der Waals surface area contributed by atoms with Crippen LogP contribution in [0.4, 0.5) is 11.4 Å². The zero-order valence-corrected chi connectivity index (χ0v) is 23.7. The number of piperidine rings is 1. The van der Waals surface area contributed by atoms with Crippen molar-refractivity contribution in [3.8, 4) is 5.75 Å². The minimum absolute atomic E-state index is 0.146. The molecule has 6 rings (SSSR count). The Bertz CT molecular complexity index is 1520. The van der Waals surface area contributed by atoms with Gasteiger partial charge in [0.15, 0.2) is 0 Å². The molecule has 2 saturated heterocycles. The molecule has 2 fully saturated rings. The lowest BCUT2D eigenvalue weighted by molar-refractivity contribution is -0.129. The average Bonchev–Trinajstić information content (AvgIpc) is 3.22. The SMILES string of the molecule is CNc1ccc(OC2CN(Cc3ccc(CNc4cccc5c4C(=O)N(C4CCC(=O)NC4O)C5=O)cc3C)C2)cc1. The van der Waals surface area contributed by atoms with Crippen molar-refractivity contribution < 1.29 is 24.2 Å². The minimum atomic E-state index is -1.28. The van der Waals surface area contributed by atoms with Gasteiger partial charge < -0.3 is 25.8 Å². The number of rotatable bonds is 9. The molecule has 3 aliphatic rings. The quantitative estimate of drug-likeness (QED) is 0.290. The zero-order chi connectivity index (χ0) is 29.4. The normalized spacial score (nSPS) is 20.6. The Labute approximate surface area is 244 Å². The summed E-state index contributed by atoms with van der Waals surface area (Å²) in [4.78, 5) is 41.6. The third-order valence-corrected chi connectivity index (χ3v) is 8.27. The van der Waals surface area contributed by atoms with Gasteiger partial charge in [0.25, 0.3) is 11.8 Å². The van der Waals surface area contributed by atoms with Crippen molar-refractivity contribution in [1.29, 1.82) is 0 Å². The smallest absolute Gasteiger partial charge is 0.264 e. The number of nitrogens with zero attached hydrogens (tertiary/aromatic N) is 2. The maximum atomic E-state index is 13.4. The van der Waals surface area contributed by atoms with E-state index >= 15 is 0 Å². The Kier molecular flexibility index (Phi) is 7.57. The number of amides is 3. The minimum Gasteiger partial charge on any atom is -0.488 e. The standard InChI is InChI=1S/C32H35N5O5/c1-19-14-20(6-7-21(19)16-36-17-24(18-36)42-23-10-8-22(33-2)9-11-23)15-34-26-5-3-4-25-29(26)32(41)37(31(25)40)27-12-13-28(38)35-30(27)39/h3-11,14,24,27,30,33-34,39H,12-13,15-18H2,1-2H3,(H,35,38). The van der Waals surface area contributed by atoms with Crippen LogP contribution in [0.15, 0.2) is 60.7 Å². The third-order valence-electron chi connectivity index (χ3n) is 8.27. The number of benzene rings is 3. The zero-order valence-electron chi connectivity index (χ0n) is 23.7. The maximum absolute atomic E-state index is 13.4. The van der Waals surface area contributed by atoms with Gasteiger partial charge in [-0.1, -0.05) is 24.3 Å². The highest BCUT2D eigenvalue weighted by molar-refractivity contribution is 6.24. The molecular weight excluding hydrogens is 534 g/mol. The van der Waals surface area contributed by atoms with Crippen LogP contribution < -0.4 is 20.7 Å². The summed E-state index contributed by atoms with van der Waals surface area (Å²) in [6, 6.07) is 18.7. The lowest BCUT2D eigenvalue weighted by atomic mass is 10.0. The molecule has 3 aromatic rings. The van der Waals surface area contributed by atoms with E-state index < -0.39 is 24.1 Å². The maximum Gasteiger partial charge on any atom is 0.264 e. The molecule has 3 heterocycles. The molecule has 0 saturated carbocycles. The fourth-order valence-electron chi connectivity index (χ4n) is 5.89. The number of imide groups is 1. The number of ether oxygens (including phenoxy) is 1. The Morgan fingerprint density at radius 3 is 2.52 bits per heavy atom. The van der Waals surface area contributed by atoms with Crippen molar-refractivity contribution in [3.05, 3.63) is 88.5 Å². The van der Waals surface area contributed by atoms with Gasteiger partial charge in [-0.15, -0.1) is 0 Å². The summed E-state index contributed by atoms with van der Waals surface area (Å²) in [5.41, 5.74) is 5.72. The number of hydrogen-bond donors (Lipinski definition) is 4. The molecule has 2 atom stereocenters. The molecule has 0 radical (unpaired) electrons. The van der Waals surface area contributed by atoms with Crippen molar-refractivity contribution in [3.63, 3.8) is 0 Å². The molecule has 0 spiro atoms. The molecule has 0 aromatic heterocycles. The molecule has 10 nitrogen and oxygen atoms in total. The molecule has 0 aliphatic carbocycles. The lowest BCUT2D eigenvalue weighted by Gasteiger charge is -2.39. The van der Waals surface area contributed by atoms with Crippen LogP contribution in [-0.2, 0) is 17.9 Å². The number of aliphatic hydroxyl groups is 1. The highest BCUT2D eigenvalue weighted by Crippen LogP contribution is 2.33. The van der Waals surface area contributed by atoms with Crippen LogP contribution in [0.5, 0.6) is 5.75 Å². The van der Waals surface area contributed by atoms with Crippen LogP contribution in [0.3, 0.4) is 0 Å². The summed E-state index contributed by atoms with van der Waals surface area (Å²) in [7, 11) is 1.90. The van der Waals surface area contributed by atoms with Crippen molar-refractivity contribution in [2.75, 3.05) is 30.8 Å². The predicted molar refractivity (Wildman–Crippen MR) is 158 cm³/mol. The summed E-state index contributed by atoms with van der Waals surface area (Å²) in [5.74, 6) is -0.329.